The zero-order chi connectivity index (χ0) is 9.07. The average Bonchev–Trinajstić information content (AvgIpc) is 1.80. The van der Waals surface area contributed by atoms with Gasteiger partial charge >= 0.3 is 0 Å². The van der Waals surface area contributed by atoms with Gasteiger partial charge in [-0.3, -0.25) is 5.32 Å². The summed E-state index contributed by atoms with van der Waals surface area (Å²) in [6, 6.07) is 0. The first kappa shape index (κ1) is 14.8. The van der Waals surface area contributed by atoms with E-state index in [0.29, 0.717) is 16.0 Å². The molecule has 0 unspecified atom stereocenters. The molecule has 0 bridgehead atoms. The van der Waals surface area contributed by atoms with Crippen LogP contribution in [0.5, 0.6) is 0 Å². The number of nitrogens with one attached hydrogen (secondary N) is 1. The van der Waals surface area contributed by atoms with Crippen LogP contribution in [0.25, 0.3) is 0 Å². The molecule has 0 aromatic carbocycles. The van der Waals surface area contributed by atoms with E-state index < -0.39 is 10.3 Å². The molecule has 0 aliphatic rings. The van der Waals surface area contributed by atoms with Gasteiger partial charge in [-0.05, 0) is 7.05 Å². The third-order valence-electron chi connectivity index (χ3n) is 1.10. The minimum Gasteiger partial charge on any atom is -1.00 e. The highest BCUT2D eigenvalue weighted by atomic mass is 127. The van der Waals surface area contributed by atoms with E-state index in [1.54, 1.807) is 7.05 Å². The second-order valence-corrected chi connectivity index (χ2v) is 4.32. The fraction of sp³-hybridized carbons (Fsp3) is 0.833. The predicted molar refractivity (Wildman–Crippen MR) is 45.9 cm³/mol. The van der Waals surface area contributed by atoms with Crippen molar-refractivity contribution in [3.63, 3.8) is 0 Å². The lowest BCUT2D eigenvalue weighted by Crippen LogP contribution is -3.00. The molecule has 0 amide bonds. The van der Waals surface area contributed by atoms with Gasteiger partial charge in [-0.25, -0.2) is 0 Å². The van der Waals surface area contributed by atoms with Gasteiger partial charge < -0.3 is 28.5 Å². The van der Waals surface area contributed by atoms with Crippen molar-refractivity contribution < 1.29 is 36.9 Å². The van der Waals surface area contributed by atoms with Crippen LogP contribution < -0.4 is 29.3 Å². The van der Waals surface area contributed by atoms with E-state index in [-0.39, 0.29) is 24.0 Å². The molecule has 0 fully saturated rings. The van der Waals surface area contributed by atoms with Gasteiger partial charge in [-0.2, -0.15) is 8.42 Å². The molecule has 0 aliphatic heterocycles. The maximum atomic E-state index is 10.5. The summed E-state index contributed by atoms with van der Waals surface area (Å²) in [4.78, 5) is 0.345. The third-order valence-corrected chi connectivity index (χ3v) is 1.83. The van der Waals surface area contributed by atoms with Crippen LogP contribution in [-0.4, -0.2) is 52.6 Å². The van der Waals surface area contributed by atoms with Crippen molar-refractivity contribution >= 4 is 15.3 Å². The first-order valence-corrected chi connectivity index (χ1v) is 4.37. The number of quaternary nitrogens is 1. The molecule has 0 spiro atoms. The van der Waals surface area contributed by atoms with Crippen molar-refractivity contribution in [1.82, 2.24) is 5.32 Å². The van der Waals surface area contributed by atoms with Crippen LogP contribution in [0.2, 0.25) is 0 Å². The van der Waals surface area contributed by atoms with E-state index in [0.717, 1.165) is 0 Å². The van der Waals surface area contributed by atoms with Crippen LogP contribution in [-0.2, 0) is 10.3 Å². The average molecular weight is 306 g/mol. The van der Waals surface area contributed by atoms with Crippen LogP contribution in [0.1, 0.15) is 0 Å². The van der Waals surface area contributed by atoms with Crippen LogP contribution in [0.15, 0.2) is 0 Å². The SMILES string of the molecule is CNC(C[N+](C)(C)C)=S(=O)=O.[I-]. The molecule has 0 aromatic heterocycles. The molecule has 0 heterocycles. The Morgan fingerprint density at radius 3 is 1.83 bits per heavy atom. The molecule has 0 atom stereocenters. The summed E-state index contributed by atoms with van der Waals surface area (Å²) in [5.74, 6) is 0. The lowest BCUT2D eigenvalue weighted by Gasteiger charge is -2.23. The number of halogens is 1. The first-order chi connectivity index (χ1) is 4.87. The molecule has 0 aliphatic carbocycles. The number of hydrogen-bond donors (Lipinski definition) is 1. The highest BCUT2D eigenvalue weighted by Crippen LogP contribution is 1.87. The fourth-order valence-corrected chi connectivity index (χ4v) is 1.31. The van der Waals surface area contributed by atoms with Crippen LogP contribution in [0, 0.1) is 0 Å². The Balaban J connectivity index is 0. The molecule has 4 nitrogen and oxygen atoms in total. The molecule has 0 saturated heterocycles. The summed E-state index contributed by atoms with van der Waals surface area (Å²) in [5, 5.41) is 2.65. The van der Waals surface area contributed by atoms with Gasteiger partial charge in [-0.15, -0.1) is 0 Å². The topological polar surface area (TPSA) is 46.2 Å². The normalized spacial score (nSPS) is 10.3. The van der Waals surface area contributed by atoms with Gasteiger partial charge in [0.25, 0.3) is 0 Å². The Labute approximate surface area is 92.1 Å². The Hall–Kier alpha value is 0.340. The lowest BCUT2D eigenvalue weighted by molar-refractivity contribution is -0.860. The fourth-order valence-electron chi connectivity index (χ4n) is 0.646. The largest absolute Gasteiger partial charge is 1.00 e. The van der Waals surface area contributed by atoms with Crippen molar-refractivity contribution in [1.29, 1.82) is 0 Å². The maximum Gasteiger partial charge on any atom is 0.234 e. The molecule has 0 rings (SSSR count). The van der Waals surface area contributed by atoms with Crippen molar-refractivity contribution in [2.45, 2.75) is 0 Å². The van der Waals surface area contributed by atoms with Crippen molar-refractivity contribution in [2.24, 2.45) is 0 Å². The Morgan fingerprint density at radius 1 is 1.33 bits per heavy atom. The molecule has 6 heteroatoms. The molecule has 0 radical (unpaired) electrons. The molecule has 0 aromatic rings. The Bertz CT molecular complexity index is 245. The summed E-state index contributed by atoms with van der Waals surface area (Å²) >= 11 is 0. The molecule has 12 heavy (non-hydrogen) atoms. The summed E-state index contributed by atoms with van der Waals surface area (Å²) in [7, 11) is 5.31. The lowest BCUT2D eigenvalue weighted by atomic mass is 10.5. The monoisotopic (exact) mass is 306 g/mol. The number of hydrogen-bond acceptors (Lipinski definition) is 2. The highest BCUT2D eigenvalue weighted by molar-refractivity contribution is 7.72. The van der Waals surface area contributed by atoms with E-state index in [1.807, 2.05) is 21.1 Å². The van der Waals surface area contributed by atoms with Crippen molar-refractivity contribution in [3.8, 4) is 0 Å². The highest BCUT2D eigenvalue weighted by Gasteiger charge is 2.11. The smallest absolute Gasteiger partial charge is 0.234 e. The van der Waals surface area contributed by atoms with Gasteiger partial charge in [0.05, 0.1) is 21.1 Å². The predicted octanol–water partition coefficient (Wildman–Crippen LogP) is -4.07. The Morgan fingerprint density at radius 2 is 1.75 bits per heavy atom. The first-order valence-electron chi connectivity index (χ1n) is 3.30. The molecule has 1 N–H and O–H groups in total. The molecular formula is C6H15IN2O2S. The van der Waals surface area contributed by atoms with Gasteiger partial charge in [0, 0.05) is 0 Å². The molecule has 74 valence electrons. The zero-order valence-electron chi connectivity index (χ0n) is 7.76. The minimum absolute atomic E-state index is 0. The van der Waals surface area contributed by atoms with E-state index >= 15 is 0 Å². The van der Waals surface area contributed by atoms with Gasteiger partial charge in [0.1, 0.15) is 6.54 Å². The van der Waals surface area contributed by atoms with E-state index in [4.69, 9.17) is 0 Å². The Kier molecular flexibility index (Phi) is 7.29. The summed E-state index contributed by atoms with van der Waals surface area (Å²) in [6.45, 7) is 0.493. The molecule has 0 saturated carbocycles. The number of nitrogens with zero attached hydrogens (tertiary/aromatic N) is 1. The third kappa shape index (κ3) is 7.01. The van der Waals surface area contributed by atoms with Crippen molar-refractivity contribution in [3.05, 3.63) is 0 Å². The number of likely N-dealkylation sites (N-methyl/N-ethyl adjacent to an activating group) is 2. The summed E-state index contributed by atoms with van der Waals surface area (Å²) in [5.41, 5.74) is 0. The van der Waals surface area contributed by atoms with Crippen molar-refractivity contribution in [2.75, 3.05) is 34.7 Å². The van der Waals surface area contributed by atoms with Gasteiger partial charge in [-0.1, -0.05) is 0 Å². The summed E-state index contributed by atoms with van der Waals surface area (Å²) in [6.07, 6.45) is 0. The maximum absolute atomic E-state index is 10.5. The van der Waals surface area contributed by atoms with Crippen LogP contribution >= 0.6 is 0 Å². The quantitative estimate of drug-likeness (QED) is 0.321. The number of rotatable bonds is 2. The van der Waals surface area contributed by atoms with E-state index in [1.165, 1.54) is 0 Å². The van der Waals surface area contributed by atoms with Gasteiger partial charge in [0.2, 0.25) is 10.3 Å². The van der Waals surface area contributed by atoms with Gasteiger partial charge in [0.15, 0.2) is 4.99 Å². The van der Waals surface area contributed by atoms with E-state index in [2.05, 4.69) is 5.32 Å². The van der Waals surface area contributed by atoms with Crippen LogP contribution in [0.3, 0.4) is 0 Å². The minimum atomic E-state index is -2.11. The van der Waals surface area contributed by atoms with Crippen LogP contribution in [0.4, 0.5) is 0 Å². The second kappa shape index (κ2) is 5.90. The molecular weight excluding hydrogens is 291 g/mol. The second-order valence-electron chi connectivity index (χ2n) is 3.36. The zero-order valence-corrected chi connectivity index (χ0v) is 10.7. The summed E-state index contributed by atoms with van der Waals surface area (Å²) < 4.78 is 21.6. The van der Waals surface area contributed by atoms with E-state index in [9.17, 15) is 8.42 Å². The standard InChI is InChI=1S/C6H15N2O2S.HI/c1-7-6(11(9)10)5-8(2,3)4;/h7H,5H2,1-4H3;1H/q+1;/p-1.